The number of fused-ring (bicyclic) bond motifs is 1. The van der Waals surface area contributed by atoms with Crippen LogP contribution in [0.5, 0.6) is 0 Å². The van der Waals surface area contributed by atoms with Gasteiger partial charge in [0.15, 0.2) is 0 Å². The van der Waals surface area contributed by atoms with Crippen LogP contribution in [-0.2, 0) is 28.8 Å². The Morgan fingerprint density at radius 2 is 1.52 bits per heavy atom. The number of carboxylic acids is 1. The summed E-state index contributed by atoms with van der Waals surface area (Å²) in [7, 11) is 0. The maximum Gasteiger partial charge on any atom is 0.336 e. The molecule has 1 aromatic heterocycles. The minimum atomic E-state index is -1.74. The van der Waals surface area contributed by atoms with E-state index >= 15 is 0 Å². The second kappa shape index (κ2) is 14.7. The van der Waals surface area contributed by atoms with Crippen molar-refractivity contribution in [3.8, 4) is 0 Å². The van der Waals surface area contributed by atoms with E-state index in [1.54, 1.807) is 13.0 Å². The number of carbonyl (C=O) groups is 6. The van der Waals surface area contributed by atoms with E-state index in [-0.39, 0.29) is 11.3 Å². The Kier molecular flexibility index (Phi) is 11.7. The number of aliphatic hydroxyl groups excluding tert-OH is 2. The molecule has 1 heterocycles. The van der Waals surface area contributed by atoms with Crippen molar-refractivity contribution < 1.29 is 48.5 Å². The molecule has 2 aromatic rings. The summed E-state index contributed by atoms with van der Waals surface area (Å²) in [6.07, 6.45) is -2.45. The molecule has 5 atom stereocenters. The lowest BCUT2D eigenvalue weighted by molar-refractivity contribution is -0.140. The highest BCUT2D eigenvalue weighted by Crippen LogP contribution is 2.21. The summed E-state index contributed by atoms with van der Waals surface area (Å²) in [5.74, 6) is -5.99. The highest BCUT2D eigenvalue weighted by atomic mass is 16.4. The van der Waals surface area contributed by atoms with Gasteiger partial charge in [0.05, 0.1) is 19.1 Å². The Bertz CT molecular complexity index is 1420. The van der Waals surface area contributed by atoms with E-state index in [1.165, 1.54) is 32.0 Å². The summed E-state index contributed by atoms with van der Waals surface area (Å²) in [6.45, 7) is 4.42. The van der Waals surface area contributed by atoms with Crippen LogP contribution < -0.4 is 32.2 Å². The lowest BCUT2D eigenvalue weighted by atomic mass is 10.1. The van der Waals surface area contributed by atoms with Crippen molar-refractivity contribution in [3.05, 3.63) is 40.2 Å². The molecule has 0 bridgehead atoms. The van der Waals surface area contributed by atoms with Crippen molar-refractivity contribution >= 4 is 52.2 Å². The van der Waals surface area contributed by atoms with Gasteiger partial charge in [-0.3, -0.25) is 28.8 Å². The average Bonchev–Trinajstić information content (AvgIpc) is 2.88. The third-order valence-electron chi connectivity index (χ3n) is 5.92. The highest BCUT2D eigenvalue weighted by molar-refractivity contribution is 6.01. The molecule has 42 heavy (non-hydrogen) atoms. The molecule has 0 unspecified atom stereocenters. The zero-order valence-electron chi connectivity index (χ0n) is 23.2. The molecule has 8 N–H and O–H groups in total. The number of hydrogen-bond acceptors (Lipinski definition) is 10. The minimum absolute atomic E-state index is 0.126. The van der Waals surface area contributed by atoms with E-state index < -0.39 is 84.4 Å². The van der Waals surface area contributed by atoms with Gasteiger partial charge >= 0.3 is 11.6 Å². The van der Waals surface area contributed by atoms with E-state index in [1.807, 2.05) is 0 Å². The summed E-state index contributed by atoms with van der Waals surface area (Å²) in [5, 5.41) is 40.9. The molecule has 0 saturated carbocycles. The maximum atomic E-state index is 13.0. The first-order valence-electron chi connectivity index (χ1n) is 12.7. The Morgan fingerprint density at radius 3 is 2.10 bits per heavy atom. The number of anilines is 1. The number of aryl methyl sites for hydroxylation is 1. The Balaban J connectivity index is 2.18. The second-order valence-corrected chi connectivity index (χ2v) is 9.50. The quantitative estimate of drug-likeness (QED) is 0.117. The van der Waals surface area contributed by atoms with E-state index in [0.717, 1.165) is 6.92 Å². The number of amides is 5. The predicted molar refractivity (Wildman–Crippen MR) is 146 cm³/mol. The fourth-order valence-electron chi connectivity index (χ4n) is 3.80. The van der Waals surface area contributed by atoms with Gasteiger partial charge in [-0.05, 0) is 38.5 Å². The summed E-state index contributed by atoms with van der Waals surface area (Å²) in [6, 6.07) is -0.383. The molecule has 5 amide bonds. The fraction of sp³-hybridized carbons (Fsp3) is 0.423. The van der Waals surface area contributed by atoms with E-state index in [9.17, 15) is 48.9 Å². The zero-order chi connectivity index (χ0) is 31.7. The van der Waals surface area contributed by atoms with Crippen molar-refractivity contribution in [2.24, 2.45) is 0 Å². The van der Waals surface area contributed by atoms with Gasteiger partial charge in [0.1, 0.15) is 29.8 Å². The van der Waals surface area contributed by atoms with Crippen molar-refractivity contribution in [1.82, 2.24) is 21.3 Å². The minimum Gasteiger partial charge on any atom is -0.481 e. The second-order valence-electron chi connectivity index (χ2n) is 9.50. The third-order valence-corrected chi connectivity index (χ3v) is 5.92. The Morgan fingerprint density at radius 1 is 0.881 bits per heavy atom. The number of rotatable bonds is 13. The van der Waals surface area contributed by atoms with Crippen LogP contribution in [0.2, 0.25) is 0 Å². The van der Waals surface area contributed by atoms with Crippen LogP contribution in [0.1, 0.15) is 32.8 Å². The van der Waals surface area contributed by atoms with Crippen molar-refractivity contribution in [3.63, 3.8) is 0 Å². The van der Waals surface area contributed by atoms with Crippen molar-refractivity contribution in [2.45, 2.75) is 64.4 Å². The first-order valence-corrected chi connectivity index (χ1v) is 12.7. The van der Waals surface area contributed by atoms with Crippen LogP contribution in [0.3, 0.4) is 0 Å². The summed E-state index contributed by atoms with van der Waals surface area (Å²) >= 11 is 0. The van der Waals surface area contributed by atoms with Gasteiger partial charge < -0.3 is 46.3 Å². The number of benzene rings is 1. The van der Waals surface area contributed by atoms with Crippen LogP contribution in [0, 0.1) is 6.92 Å². The van der Waals surface area contributed by atoms with Crippen LogP contribution in [0.25, 0.3) is 11.0 Å². The molecule has 0 aliphatic heterocycles. The molecule has 16 nitrogen and oxygen atoms in total. The van der Waals surface area contributed by atoms with Gasteiger partial charge in [-0.1, -0.05) is 0 Å². The molecule has 2 rings (SSSR count). The lowest BCUT2D eigenvalue weighted by Crippen LogP contribution is -2.61. The van der Waals surface area contributed by atoms with Gasteiger partial charge in [0.2, 0.25) is 29.5 Å². The Hall–Kier alpha value is -4.83. The number of aliphatic hydroxyl groups is 2. The predicted octanol–water partition coefficient (Wildman–Crippen LogP) is -2.13. The number of aliphatic carboxylic acids is 1. The van der Waals surface area contributed by atoms with Crippen LogP contribution in [0.4, 0.5) is 5.69 Å². The SMILES string of the molecule is CC(=O)N[C@@H](C)C(=O)N[C@@H](CO)C(=O)N[C@H](C(=O)N[C@@H](CC(=O)O)C(=O)Nc1ccc2c(C)cc(=O)oc2c1)[C@@H](C)O. The van der Waals surface area contributed by atoms with Gasteiger partial charge in [-0.25, -0.2) is 4.79 Å². The van der Waals surface area contributed by atoms with Crippen LogP contribution in [-0.4, -0.2) is 87.7 Å². The van der Waals surface area contributed by atoms with Gasteiger partial charge in [-0.2, -0.15) is 0 Å². The largest absolute Gasteiger partial charge is 0.481 e. The average molecular weight is 592 g/mol. The van der Waals surface area contributed by atoms with Gasteiger partial charge in [-0.15, -0.1) is 0 Å². The smallest absolute Gasteiger partial charge is 0.336 e. The van der Waals surface area contributed by atoms with E-state index in [0.29, 0.717) is 10.9 Å². The van der Waals surface area contributed by atoms with Gasteiger partial charge in [0.25, 0.3) is 0 Å². The molecular weight excluding hydrogens is 558 g/mol. The van der Waals surface area contributed by atoms with Crippen molar-refractivity contribution in [1.29, 1.82) is 0 Å². The molecule has 1 aromatic carbocycles. The van der Waals surface area contributed by atoms with E-state index in [4.69, 9.17) is 4.42 Å². The molecule has 0 aliphatic rings. The number of carboxylic acid groups (broad SMARTS) is 1. The Labute approximate surface area is 238 Å². The molecule has 0 aliphatic carbocycles. The van der Waals surface area contributed by atoms with E-state index in [2.05, 4.69) is 26.6 Å². The number of nitrogens with one attached hydrogen (secondary N) is 5. The normalized spacial score (nSPS) is 14.4. The van der Waals surface area contributed by atoms with Crippen LogP contribution >= 0.6 is 0 Å². The third kappa shape index (κ3) is 9.38. The molecular formula is C26H33N5O11. The summed E-state index contributed by atoms with van der Waals surface area (Å²) in [4.78, 5) is 85.1. The van der Waals surface area contributed by atoms with Crippen molar-refractivity contribution in [2.75, 3.05) is 11.9 Å². The molecule has 228 valence electrons. The lowest BCUT2D eigenvalue weighted by Gasteiger charge is -2.26. The molecule has 16 heteroatoms. The highest BCUT2D eigenvalue weighted by Gasteiger charge is 2.33. The first kappa shape index (κ1) is 33.4. The molecule has 0 spiro atoms. The first-order chi connectivity index (χ1) is 19.6. The molecule has 0 saturated heterocycles. The maximum absolute atomic E-state index is 13.0. The zero-order valence-corrected chi connectivity index (χ0v) is 23.2. The molecule has 0 fully saturated rings. The topological polar surface area (TPSA) is 253 Å². The number of carbonyl (C=O) groups excluding carboxylic acids is 5. The molecule has 0 radical (unpaired) electrons. The summed E-state index contributed by atoms with van der Waals surface area (Å²) < 4.78 is 5.13. The monoisotopic (exact) mass is 591 g/mol. The number of hydrogen-bond donors (Lipinski definition) is 8. The van der Waals surface area contributed by atoms with Crippen LogP contribution in [0.15, 0.2) is 33.5 Å². The standard InChI is InChI=1S/C26H33N5O11/c1-11-7-21(37)42-19-8-15(5-6-16(11)19)28-24(39)17(9-20(35)36)29-26(41)22(13(3)33)31-25(40)18(10-32)30-23(38)12(2)27-14(4)34/h5-8,12-13,17-18,22,32-33H,9-10H2,1-4H3,(H,27,34)(H,28,39)(H,29,41)(H,30,38)(H,31,40)(H,35,36)/t12-,13+,17-,18-,22-/m0/s1. The fourth-order valence-corrected chi connectivity index (χ4v) is 3.80. The van der Waals surface area contributed by atoms with Gasteiger partial charge in [0, 0.05) is 30.1 Å². The summed E-state index contributed by atoms with van der Waals surface area (Å²) in [5.41, 5.74) is 0.300.